The van der Waals surface area contributed by atoms with Gasteiger partial charge in [-0.25, -0.2) is 4.79 Å². The molecule has 0 spiro atoms. The van der Waals surface area contributed by atoms with Crippen molar-refractivity contribution >= 4 is 23.7 Å². The van der Waals surface area contributed by atoms with Crippen LogP contribution in [0, 0.1) is 5.92 Å². The second kappa shape index (κ2) is 6.55. The van der Waals surface area contributed by atoms with Gasteiger partial charge in [0, 0.05) is 5.69 Å². The molecule has 0 aliphatic carbocycles. The van der Waals surface area contributed by atoms with Crippen molar-refractivity contribution < 1.29 is 24.6 Å². The number of carbonyl (C=O) groups excluding carboxylic acids is 3. The molecule has 0 aliphatic heterocycles. The molecule has 1 aromatic rings. The minimum Gasteiger partial charge on any atom is -0.548 e. The Morgan fingerprint density at radius 2 is 1.60 bits per heavy atom. The fourth-order valence-corrected chi connectivity index (χ4v) is 1.50. The summed E-state index contributed by atoms with van der Waals surface area (Å²) in [6, 6.07) is 3.45. The Morgan fingerprint density at radius 3 is 2.00 bits per heavy atom. The monoisotopic (exact) mass is 278 g/mol. The van der Waals surface area contributed by atoms with Crippen molar-refractivity contribution in [3.8, 4) is 0 Å². The quantitative estimate of drug-likeness (QED) is 0.711. The van der Waals surface area contributed by atoms with Crippen molar-refractivity contribution in [2.24, 2.45) is 5.92 Å². The van der Waals surface area contributed by atoms with Crippen molar-refractivity contribution in [2.45, 2.75) is 19.9 Å². The zero-order chi connectivity index (χ0) is 15.3. The number of aromatic carboxylic acids is 1. The SMILES string of the molecule is CC(C)[C@H](NC(=O)Nc1ccc(C(=O)[O-])cc1)C(=O)[O-]. The summed E-state index contributed by atoms with van der Waals surface area (Å²) in [6.45, 7) is 3.27. The number of nitrogens with one attached hydrogen (secondary N) is 2. The van der Waals surface area contributed by atoms with Crippen LogP contribution in [-0.4, -0.2) is 24.0 Å². The van der Waals surface area contributed by atoms with Crippen LogP contribution in [0.1, 0.15) is 24.2 Å². The Bertz CT molecular complexity index is 510. The van der Waals surface area contributed by atoms with Gasteiger partial charge in [0.2, 0.25) is 0 Å². The number of rotatable bonds is 5. The van der Waals surface area contributed by atoms with Crippen LogP contribution in [-0.2, 0) is 4.79 Å². The van der Waals surface area contributed by atoms with Gasteiger partial charge in [0.15, 0.2) is 0 Å². The molecule has 1 atom stereocenters. The van der Waals surface area contributed by atoms with Gasteiger partial charge in [0.1, 0.15) is 0 Å². The Labute approximate surface area is 115 Å². The molecule has 2 amide bonds. The zero-order valence-electron chi connectivity index (χ0n) is 11.0. The first-order valence-corrected chi connectivity index (χ1v) is 5.91. The highest BCUT2D eigenvalue weighted by Crippen LogP contribution is 2.09. The van der Waals surface area contributed by atoms with Crippen LogP contribution in [0.25, 0.3) is 0 Å². The minimum absolute atomic E-state index is 0.0225. The van der Waals surface area contributed by atoms with Gasteiger partial charge in [-0.15, -0.1) is 0 Å². The molecular weight excluding hydrogens is 264 g/mol. The number of carboxylic acids is 2. The van der Waals surface area contributed by atoms with E-state index < -0.39 is 24.0 Å². The predicted molar refractivity (Wildman–Crippen MR) is 66.6 cm³/mol. The van der Waals surface area contributed by atoms with Crippen molar-refractivity contribution in [3.05, 3.63) is 29.8 Å². The standard InChI is InChI=1S/C13H16N2O5/c1-7(2)10(12(18)19)15-13(20)14-9-5-3-8(4-6-9)11(16)17/h3-7,10H,1-2H3,(H,16,17)(H,18,19)(H2,14,15,20)/p-2/t10-/m0/s1. The average Bonchev–Trinajstić information content (AvgIpc) is 2.35. The second-order valence-electron chi connectivity index (χ2n) is 4.50. The number of carboxylic acid groups (broad SMARTS) is 2. The van der Waals surface area contributed by atoms with E-state index >= 15 is 0 Å². The van der Waals surface area contributed by atoms with Crippen LogP contribution in [0.3, 0.4) is 0 Å². The fraction of sp³-hybridized carbons (Fsp3) is 0.308. The van der Waals surface area contributed by atoms with Crippen LogP contribution in [0.2, 0.25) is 0 Å². The van der Waals surface area contributed by atoms with Gasteiger partial charge in [0.05, 0.1) is 18.0 Å². The molecule has 108 valence electrons. The first-order chi connectivity index (χ1) is 9.31. The van der Waals surface area contributed by atoms with Crippen molar-refractivity contribution in [1.29, 1.82) is 0 Å². The number of anilines is 1. The molecule has 2 N–H and O–H groups in total. The molecule has 7 heteroatoms. The maximum atomic E-state index is 11.6. The van der Waals surface area contributed by atoms with Crippen molar-refractivity contribution in [2.75, 3.05) is 5.32 Å². The van der Waals surface area contributed by atoms with E-state index in [4.69, 9.17) is 0 Å². The third-order valence-electron chi connectivity index (χ3n) is 2.59. The highest BCUT2D eigenvalue weighted by Gasteiger charge is 2.17. The number of hydrogen-bond donors (Lipinski definition) is 2. The molecule has 0 bridgehead atoms. The third-order valence-corrected chi connectivity index (χ3v) is 2.59. The van der Waals surface area contributed by atoms with E-state index in [-0.39, 0.29) is 11.5 Å². The molecular formula is C13H14N2O5-2. The van der Waals surface area contributed by atoms with Gasteiger partial charge in [-0.3, -0.25) is 0 Å². The Kier molecular flexibility index (Phi) is 5.08. The number of aliphatic carboxylic acids is 1. The van der Waals surface area contributed by atoms with Crippen LogP contribution in [0.15, 0.2) is 24.3 Å². The van der Waals surface area contributed by atoms with E-state index in [1.807, 2.05) is 0 Å². The van der Waals surface area contributed by atoms with Gasteiger partial charge in [0.25, 0.3) is 0 Å². The number of amides is 2. The summed E-state index contributed by atoms with van der Waals surface area (Å²) in [5, 5.41) is 26.0. The summed E-state index contributed by atoms with van der Waals surface area (Å²) in [7, 11) is 0. The van der Waals surface area contributed by atoms with E-state index in [2.05, 4.69) is 10.6 Å². The van der Waals surface area contributed by atoms with Crippen molar-refractivity contribution in [1.82, 2.24) is 5.32 Å². The lowest BCUT2D eigenvalue weighted by molar-refractivity contribution is -0.309. The van der Waals surface area contributed by atoms with Gasteiger partial charge in [-0.05, 0) is 23.6 Å². The Morgan fingerprint density at radius 1 is 1.05 bits per heavy atom. The molecule has 0 saturated heterocycles. The number of benzene rings is 1. The normalized spacial score (nSPS) is 11.8. The Balaban J connectivity index is 2.66. The zero-order valence-corrected chi connectivity index (χ0v) is 11.0. The van der Waals surface area contributed by atoms with E-state index in [0.29, 0.717) is 5.69 Å². The average molecular weight is 278 g/mol. The predicted octanol–water partition coefficient (Wildman–Crippen LogP) is -1.05. The van der Waals surface area contributed by atoms with E-state index in [1.54, 1.807) is 13.8 Å². The number of carbonyl (C=O) groups is 3. The van der Waals surface area contributed by atoms with Crippen molar-refractivity contribution in [3.63, 3.8) is 0 Å². The van der Waals surface area contributed by atoms with E-state index in [9.17, 15) is 24.6 Å². The molecule has 0 fully saturated rings. The molecule has 0 aromatic heterocycles. The van der Waals surface area contributed by atoms with Crippen LogP contribution >= 0.6 is 0 Å². The van der Waals surface area contributed by atoms with Crippen LogP contribution in [0.4, 0.5) is 10.5 Å². The number of hydrogen-bond acceptors (Lipinski definition) is 5. The lowest BCUT2D eigenvalue weighted by atomic mass is 10.1. The summed E-state index contributed by atoms with van der Waals surface area (Å²) >= 11 is 0. The van der Waals surface area contributed by atoms with E-state index in [0.717, 1.165) is 0 Å². The summed E-state index contributed by atoms with van der Waals surface area (Å²) < 4.78 is 0. The van der Waals surface area contributed by atoms with Gasteiger partial charge in [-0.2, -0.15) is 0 Å². The molecule has 7 nitrogen and oxygen atoms in total. The van der Waals surface area contributed by atoms with Crippen LogP contribution < -0.4 is 20.8 Å². The third kappa shape index (κ3) is 4.27. The minimum atomic E-state index is -1.37. The summed E-state index contributed by atoms with van der Waals surface area (Å²) in [6.07, 6.45) is 0. The van der Waals surface area contributed by atoms with Crippen LogP contribution in [0.5, 0.6) is 0 Å². The molecule has 0 radical (unpaired) electrons. The first kappa shape index (κ1) is 15.5. The molecule has 1 rings (SSSR count). The molecule has 1 aromatic carbocycles. The smallest absolute Gasteiger partial charge is 0.319 e. The second-order valence-corrected chi connectivity index (χ2v) is 4.50. The van der Waals surface area contributed by atoms with Gasteiger partial charge < -0.3 is 30.4 Å². The molecule has 20 heavy (non-hydrogen) atoms. The topological polar surface area (TPSA) is 121 Å². The Hall–Kier alpha value is -2.57. The summed E-state index contributed by atoms with van der Waals surface area (Å²) in [5.74, 6) is -3.02. The van der Waals surface area contributed by atoms with Gasteiger partial charge >= 0.3 is 6.03 Å². The largest absolute Gasteiger partial charge is 0.548 e. The maximum Gasteiger partial charge on any atom is 0.319 e. The number of urea groups is 1. The molecule has 0 heterocycles. The van der Waals surface area contributed by atoms with E-state index in [1.165, 1.54) is 24.3 Å². The molecule has 0 saturated carbocycles. The lowest BCUT2D eigenvalue weighted by Gasteiger charge is -2.23. The molecule has 0 unspecified atom stereocenters. The maximum absolute atomic E-state index is 11.6. The fourth-order valence-electron chi connectivity index (χ4n) is 1.50. The highest BCUT2D eigenvalue weighted by molar-refractivity contribution is 5.93. The highest BCUT2D eigenvalue weighted by atomic mass is 16.4. The van der Waals surface area contributed by atoms with Gasteiger partial charge in [-0.1, -0.05) is 26.0 Å². The summed E-state index contributed by atoms with van der Waals surface area (Å²) in [5.41, 5.74) is 0.305. The molecule has 0 aliphatic rings. The summed E-state index contributed by atoms with van der Waals surface area (Å²) in [4.78, 5) is 33.0. The first-order valence-electron chi connectivity index (χ1n) is 5.91. The lowest BCUT2D eigenvalue weighted by Crippen LogP contribution is -2.51.